The highest BCUT2D eigenvalue weighted by Crippen LogP contribution is 2.26. The topological polar surface area (TPSA) is 75.6 Å². The predicted octanol–water partition coefficient (Wildman–Crippen LogP) is 2.00. The molecule has 1 amide bonds. The first kappa shape index (κ1) is 15.1. The van der Waals surface area contributed by atoms with Crippen molar-refractivity contribution in [1.82, 2.24) is 5.32 Å². The van der Waals surface area contributed by atoms with Gasteiger partial charge < -0.3 is 15.2 Å². The second-order valence-corrected chi connectivity index (χ2v) is 4.99. The van der Waals surface area contributed by atoms with Crippen LogP contribution in [0.2, 0.25) is 0 Å². The molecular formula is C16H19NO4. The average Bonchev–Trinajstić information content (AvgIpc) is 2.92. The SMILES string of the molecule is CCC[C@@H](NC(=O)/C=C/c1ccc2c(c1)CCO2)C(=O)O. The first-order chi connectivity index (χ1) is 10.1. The maximum Gasteiger partial charge on any atom is 0.326 e. The number of fused-ring (bicyclic) bond motifs is 1. The van der Waals surface area contributed by atoms with E-state index >= 15 is 0 Å². The zero-order valence-electron chi connectivity index (χ0n) is 12.0. The zero-order chi connectivity index (χ0) is 15.2. The highest BCUT2D eigenvalue weighted by atomic mass is 16.5. The number of nitrogens with one attached hydrogen (secondary N) is 1. The van der Waals surface area contributed by atoms with E-state index in [0.717, 1.165) is 23.3 Å². The van der Waals surface area contributed by atoms with E-state index in [4.69, 9.17) is 9.84 Å². The van der Waals surface area contributed by atoms with Crippen LogP contribution in [0.25, 0.3) is 6.08 Å². The first-order valence-corrected chi connectivity index (χ1v) is 7.07. The van der Waals surface area contributed by atoms with Gasteiger partial charge in [0.1, 0.15) is 11.8 Å². The molecule has 0 radical (unpaired) electrons. The lowest BCUT2D eigenvalue weighted by Gasteiger charge is -2.11. The maximum atomic E-state index is 11.8. The van der Waals surface area contributed by atoms with Crippen molar-refractivity contribution in [2.24, 2.45) is 0 Å². The fourth-order valence-electron chi connectivity index (χ4n) is 2.25. The van der Waals surface area contributed by atoms with Crippen molar-refractivity contribution in [3.63, 3.8) is 0 Å². The van der Waals surface area contributed by atoms with Crippen molar-refractivity contribution < 1.29 is 19.4 Å². The van der Waals surface area contributed by atoms with Crippen LogP contribution in [0.5, 0.6) is 5.75 Å². The number of benzene rings is 1. The Labute approximate surface area is 123 Å². The number of carbonyl (C=O) groups is 2. The Bertz CT molecular complexity index is 565. The minimum atomic E-state index is -1.01. The maximum absolute atomic E-state index is 11.8. The summed E-state index contributed by atoms with van der Waals surface area (Å²) in [5, 5.41) is 11.5. The normalized spacial score (nSPS) is 14.5. The molecule has 0 spiro atoms. The lowest BCUT2D eigenvalue weighted by Crippen LogP contribution is -2.39. The van der Waals surface area contributed by atoms with Crippen LogP contribution >= 0.6 is 0 Å². The van der Waals surface area contributed by atoms with Gasteiger partial charge in [-0.3, -0.25) is 4.79 Å². The van der Waals surface area contributed by atoms with E-state index in [1.165, 1.54) is 6.08 Å². The summed E-state index contributed by atoms with van der Waals surface area (Å²) in [4.78, 5) is 22.7. The number of aliphatic carboxylic acids is 1. The summed E-state index contributed by atoms with van der Waals surface area (Å²) in [7, 11) is 0. The lowest BCUT2D eigenvalue weighted by molar-refractivity contribution is -0.141. The van der Waals surface area contributed by atoms with E-state index in [1.807, 2.05) is 25.1 Å². The summed E-state index contributed by atoms with van der Waals surface area (Å²) in [6.07, 6.45) is 5.04. The van der Waals surface area contributed by atoms with Crippen LogP contribution in [0.4, 0.5) is 0 Å². The Kier molecular flexibility index (Phi) is 4.98. The molecule has 1 aromatic carbocycles. The van der Waals surface area contributed by atoms with Gasteiger partial charge in [-0.2, -0.15) is 0 Å². The molecule has 0 fully saturated rings. The molecule has 1 aliphatic rings. The summed E-state index contributed by atoms with van der Waals surface area (Å²) in [5.41, 5.74) is 2.03. The highest BCUT2D eigenvalue weighted by Gasteiger charge is 2.17. The zero-order valence-corrected chi connectivity index (χ0v) is 12.0. The van der Waals surface area contributed by atoms with Crippen molar-refractivity contribution in [1.29, 1.82) is 0 Å². The molecule has 2 N–H and O–H groups in total. The largest absolute Gasteiger partial charge is 0.493 e. The first-order valence-electron chi connectivity index (χ1n) is 7.07. The molecular weight excluding hydrogens is 270 g/mol. The Hall–Kier alpha value is -2.30. The minimum absolute atomic E-state index is 0.396. The molecule has 0 aliphatic carbocycles. The number of carboxylic acid groups (broad SMARTS) is 1. The van der Waals surface area contributed by atoms with E-state index in [0.29, 0.717) is 19.4 Å². The molecule has 5 nitrogen and oxygen atoms in total. The molecule has 2 rings (SSSR count). The molecule has 1 aliphatic heterocycles. The third-order valence-electron chi connectivity index (χ3n) is 3.33. The van der Waals surface area contributed by atoms with E-state index in [9.17, 15) is 9.59 Å². The molecule has 112 valence electrons. The van der Waals surface area contributed by atoms with Crippen molar-refractivity contribution in [2.75, 3.05) is 6.61 Å². The van der Waals surface area contributed by atoms with Gasteiger partial charge in [-0.05, 0) is 35.8 Å². The van der Waals surface area contributed by atoms with Gasteiger partial charge in [0.05, 0.1) is 6.61 Å². The third-order valence-corrected chi connectivity index (χ3v) is 3.33. The fourth-order valence-corrected chi connectivity index (χ4v) is 2.25. The standard InChI is InChI=1S/C16H19NO4/c1-2-3-13(16(19)20)17-15(18)7-5-11-4-6-14-12(10-11)8-9-21-14/h4-7,10,13H,2-3,8-9H2,1H3,(H,17,18)(H,19,20)/b7-5+/t13-/m1/s1. The predicted molar refractivity (Wildman–Crippen MR) is 79.1 cm³/mol. The smallest absolute Gasteiger partial charge is 0.326 e. The van der Waals surface area contributed by atoms with Gasteiger partial charge in [0.15, 0.2) is 0 Å². The Morgan fingerprint density at radius 3 is 3.00 bits per heavy atom. The van der Waals surface area contributed by atoms with Gasteiger partial charge in [-0.15, -0.1) is 0 Å². The van der Waals surface area contributed by atoms with Gasteiger partial charge in [0.25, 0.3) is 0 Å². The van der Waals surface area contributed by atoms with Crippen LogP contribution in [-0.2, 0) is 16.0 Å². The number of carboxylic acids is 1. The Balaban J connectivity index is 1.97. The van der Waals surface area contributed by atoms with Crippen LogP contribution in [0.3, 0.4) is 0 Å². The summed E-state index contributed by atoms with van der Waals surface area (Å²) >= 11 is 0. The molecule has 1 aromatic rings. The van der Waals surface area contributed by atoms with Crippen LogP contribution < -0.4 is 10.1 Å². The number of hydrogen-bond acceptors (Lipinski definition) is 3. The van der Waals surface area contributed by atoms with Gasteiger partial charge in [-0.25, -0.2) is 4.79 Å². The number of amides is 1. The third kappa shape index (κ3) is 4.08. The Morgan fingerprint density at radius 2 is 2.29 bits per heavy atom. The summed E-state index contributed by atoms with van der Waals surface area (Å²) in [5.74, 6) is -0.508. The van der Waals surface area contributed by atoms with Crippen LogP contribution in [0, 0.1) is 0 Å². The molecule has 1 atom stereocenters. The Morgan fingerprint density at radius 1 is 1.48 bits per heavy atom. The minimum Gasteiger partial charge on any atom is -0.493 e. The average molecular weight is 289 g/mol. The van der Waals surface area contributed by atoms with Crippen LogP contribution in [-0.4, -0.2) is 29.6 Å². The molecule has 21 heavy (non-hydrogen) atoms. The van der Waals surface area contributed by atoms with E-state index in [1.54, 1.807) is 6.08 Å². The van der Waals surface area contributed by atoms with Crippen molar-refractivity contribution >= 4 is 18.0 Å². The van der Waals surface area contributed by atoms with Gasteiger partial charge in [-0.1, -0.05) is 19.4 Å². The number of carbonyl (C=O) groups excluding carboxylic acids is 1. The second-order valence-electron chi connectivity index (χ2n) is 4.99. The number of hydrogen-bond donors (Lipinski definition) is 2. The van der Waals surface area contributed by atoms with E-state index in [2.05, 4.69) is 5.32 Å². The van der Waals surface area contributed by atoms with Gasteiger partial charge in [0.2, 0.25) is 5.91 Å². The van der Waals surface area contributed by atoms with Crippen molar-refractivity contribution in [2.45, 2.75) is 32.2 Å². The van der Waals surface area contributed by atoms with Crippen LogP contribution in [0.1, 0.15) is 30.9 Å². The van der Waals surface area contributed by atoms with Gasteiger partial charge >= 0.3 is 5.97 Å². The summed E-state index contributed by atoms with van der Waals surface area (Å²) < 4.78 is 5.42. The molecule has 1 heterocycles. The monoisotopic (exact) mass is 289 g/mol. The van der Waals surface area contributed by atoms with E-state index in [-0.39, 0.29) is 0 Å². The highest BCUT2D eigenvalue weighted by molar-refractivity contribution is 5.94. The number of rotatable bonds is 6. The molecule has 0 saturated heterocycles. The fraction of sp³-hybridized carbons (Fsp3) is 0.375. The molecule has 5 heteroatoms. The summed E-state index contributed by atoms with van der Waals surface area (Å²) in [6, 6.07) is 4.90. The van der Waals surface area contributed by atoms with Crippen LogP contribution in [0.15, 0.2) is 24.3 Å². The quantitative estimate of drug-likeness (QED) is 0.785. The molecule has 0 aromatic heterocycles. The number of ether oxygens (including phenoxy) is 1. The van der Waals surface area contributed by atoms with Crippen molar-refractivity contribution in [3.8, 4) is 5.75 Å². The molecule has 0 bridgehead atoms. The van der Waals surface area contributed by atoms with Gasteiger partial charge in [0, 0.05) is 12.5 Å². The van der Waals surface area contributed by atoms with Crippen molar-refractivity contribution in [3.05, 3.63) is 35.4 Å². The van der Waals surface area contributed by atoms with E-state index < -0.39 is 17.9 Å². The summed E-state index contributed by atoms with van der Waals surface area (Å²) in [6.45, 7) is 2.57. The molecule has 0 saturated carbocycles. The molecule has 0 unspecified atom stereocenters. The lowest BCUT2D eigenvalue weighted by atomic mass is 10.1. The second kappa shape index (κ2) is 6.92.